The Balaban J connectivity index is 0.00000144. The van der Waals surface area contributed by atoms with Crippen molar-refractivity contribution in [2.24, 2.45) is 5.73 Å². The minimum absolute atomic E-state index is 0. The van der Waals surface area contributed by atoms with Crippen LogP contribution in [0, 0.1) is 0 Å². The summed E-state index contributed by atoms with van der Waals surface area (Å²) < 4.78 is 25.4. The van der Waals surface area contributed by atoms with E-state index in [1.807, 2.05) is 0 Å². The standard InChI is InChI=1S/C7H9F2NO2.ClH/c8-7(9)2-4(6(11)12)1-5(10)3-7;/h1,5H,2-3,10H2,(H,11,12);1H/t5-;/m0./s1. The van der Waals surface area contributed by atoms with Gasteiger partial charge in [0.2, 0.25) is 0 Å². The molecule has 1 rings (SSSR count). The summed E-state index contributed by atoms with van der Waals surface area (Å²) in [7, 11) is 0. The van der Waals surface area contributed by atoms with Gasteiger partial charge in [0.15, 0.2) is 0 Å². The Morgan fingerprint density at radius 1 is 1.69 bits per heavy atom. The maximum atomic E-state index is 12.7. The lowest BCUT2D eigenvalue weighted by Gasteiger charge is -2.24. The van der Waals surface area contributed by atoms with Crippen molar-refractivity contribution in [2.75, 3.05) is 0 Å². The van der Waals surface area contributed by atoms with E-state index in [1.165, 1.54) is 6.08 Å². The van der Waals surface area contributed by atoms with E-state index >= 15 is 0 Å². The minimum Gasteiger partial charge on any atom is -0.478 e. The Morgan fingerprint density at radius 3 is 2.62 bits per heavy atom. The smallest absolute Gasteiger partial charge is 0.331 e. The van der Waals surface area contributed by atoms with E-state index in [9.17, 15) is 13.6 Å². The zero-order chi connectivity index (χ0) is 9.35. The molecule has 0 saturated heterocycles. The maximum absolute atomic E-state index is 12.7. The molecular weight excluding hydrogens is 204 g/mol. The monoisotopic (exact) mass is 213 g/mol. The topological polar surface area (TPSA) is 63.3 Å². The van der Waals surface area contributed by atoms with Gasteiger partial charge in [0.05, 0.1) is 0 Å². The third kappa shape index (κ3) is 3.28. The van der Waals surface area contributed by atoms with Gasteiger partial charge in [-0.25, -0.2) is 13.6 Å². The van der Waals surface area contributed by atoms with Crippen LogP contribution < -0.4 is 5.73 Å². The van der Waals surface area contributed by atoms with Crippen molar-refractivity contribution < 1.29 is 18.7 Å². The van der Waals surface area contributed by atoms with Gasteiger partial charge >= 0.3 is 5.97 Å². The number of aliphatic carboxylic acids is 1. The summed E-state index contributed by atoms with van der Waals surface area (Å²) >= 11 is 0. The summed E-state index contributed by atoms with van der Waals surface area (Å²) in [6.07, 6.45) is -0.000440. The van der Waals surface area contributed by atoms with Gasteiger partial charge in [0, 0.05) is 24.5 Å². The molecular formula is C7H10ClF2NO2. The number of nitrogens with two attached hydrogens (primary N) is 1. The molecule has 0 aromatic carbocycles. The van der Waals surface area contributed by atoms with Crippen molar-refractivity contribution >= 4 is 18.4 Å². The number of carboxylic acids is 1. The van der Waals surface area contributed by atoms with Crippen LogP contribution >= 0.6 is 12.4 Å². The van der Waals surface area contributed by atoms with Crippen molar-refractivity contribution in [2.45, 2.75) is 24.8 Å². The predicted octanol–water partition coefficient (Wildman–Crippen LogP) is 1.18. The lowest BCUT2D eigenvalue weighted by atomic mass is 9.93. The summed E-state index contributed by atoms with van der Waals surface area (Å²) in [5.74, 6) is -4.29. The molecule has 0 amide bonds. The Hall–Kier alpha value is -0.680. The van der Waals surface area contributed by atoms with Crippen LogP contribution in [-0.4, -0.2) is 23.0 Å². The van der Waals surface area contributed by atoms with Crippen LogP contribution in [-0.2, 0) is 4.79 Å². The van der Waals surface area contributed by atoms with Crippen molar-refractivity contribution in [1.82, 2.24) is 0 Å². The van der Waals surface area contributed by atoms with Crippen LogP contribution in [0.1, 0.15) is 12.8 Å². The Morgan fingerprint density at radius 2 is 2.23 bits per heavy atom. The highest BCUT2D eigenvalue weighted by Crippen LogP contribution is 2.32. The molecule has 1 aliphatic rings. The fraction of sp³-hybridized carbons (Fsp3) is 0.571. The summed E-state index contributed by atoms with van der Waals surface area (Å²) in [6.45, 7) is 0. The minimum atomic E-state index is -2.97. The van der Waals surface area contributed by atoms with Crippen molar-refractivity contribution in [1.29, 1.82) is 0 Å². The first-order valence-corrected chi connectivity index (χ1v) is 3.48. The van der Waals surface area contributed by atoms with Crippen molar-refractivity contribution in [3.63, 3.8) is 0 Å². The van der Waals surface area contributed by atoms with E-state index in [0.717, 1.165) is 0 Å². The highest BCUT2D eigenvalue weighted by Gasteiger charge is 2.37. The van der Waals surface area contributed by atoms with Crippen LogP contribution in [0.5, 0.6) is 0 Å². The van der Waals surface area contributed by atoms with Gasteiger partial charge in [-0.2, -0.15) is 0 Å². The van der Waals surface area contributed by atoms with Crippen molar-refractivity contribution in [3.05, 3.63) is 11.6 Å². The first-order valence-electron chi connectivity index (χ1n) is 3.48. The van der Waals surface area contributed by atoms with Gasteiger partial charge in [-0.1, -0.05) is 6.08 Å². The number of alkyl halides is 2. The van der Waals surface area contributed by atoms with Crippen molar-refractivity contribution in [3.8, 4) is 0 Å². The Bertz CT molecular complexity index is 243. The van der Waals surface area contributed by atoms with E-state index in [1.54, 1.807) is 0 Å². The molecule has 0 unspecified atom stereocenters. The van der Waals surface area contributed by atoms with Crippen LogP contribution in [0.15, 0.2) is 11.6 Å². The van der Waals surface area contributed by atoms with Crippen LogP contribution in [0.25, 0.3) is 0 Å². The highest BCUT2D eigenvalue weighted by molar-refractivity contribution is 5.87. The number of carboxylic acid groups (broad SMARTS) is 1. The number of rotatable bonds is 1. The molecule has 1 atom stereocenters. The predicted molar refractivity (Wildman–Crippen MR) is 45.1 cm³/mol. The zero-order valence-electron chi connectivity index (χ0n) is 6.67. The molecule has 3 N–H and O–H groups in total. The molecule has 6 heteroatoms. The molecule has 0 bridgehead atoms. The Kier molecular flexibility index (Phi) is 3.81. The number of carbonyl (C=O) groups is 1. The van der Waals surface area contributed by atoms with E-state index in [0.29, 0.717) is 0 Å². The zero-order valence-corrected chi connectivity index (χ0v) is 7.48. The molecule has 0 spiro atoms. The van der Waals surface area contributed by atoms with Gasteiger partial charge in [0.1, 0.15) is 0 Å². The van der Waals surface area contributed by atoms with E-state index in [2.05, 4.69) is 0 Å². The molecule has 3 nitrogen and oxygen atoms in total. The molecule has 76 valence electrons. The van der Waals surface area contributed by atoms with E-state index in [4.69, 9.17) is 10.8 Å². The molecule has 0 aromatic rings. The molecule has 13 heavy (non-hydrogen) atoms. The molecule has 1 aliphatic carbocycles. The van der Waals surface area contributed by atoms with Crippen LogP contribution in [0.3, 0.4) is 0 Å². The average Bonchev–Trinajstić information content (AvgIpc) is 1.82. The molecule has 0 radical (unpaired) electrons. The summed E-state index contributed by atoms with van der Waals surface area (Å²) in [4.78, 5) is 10.3. The van der Waals surface area contributed by atoms with Gasteiger partial charge in [-0.15, -0.1) is 12.4 Å². The number of hydrogen-bond acceptors (Lipinski definition) is 2. The number of hydrogen-bond donors (Lipinski definition) is 2. The molecule has 0 fully saturated rings. The van der Waals surface area contributed by atoms with Gasteiger partial charge in [-0.3, -0.25) is 0 Å². The van der Waals surface area contributed by atoms with E-state index < -0.39 is 30.8 Å². The second kappa shape index (κ2) is 4.02. The largest absolute Gasteiger partial charge is 0.478 e. The van der Waals surface area contributed by atoms with Gasteiger partial charge in [0.25, 0.3) is 5.92 Å². The SMILES string of the molecule is Cl.N[C@H]1C=C(C(=O)O)CC(F)(F)C1. The fourth-order valence-electron chi connectivity index (χ4n) is 1.22. The van der Waals surface area contributed by atoms with Gasteiger partial charge < -0.3 is 10.8 Å². The second-order valence-corrected chi connectivity index (χ2v) is 2.90. The molecule has 0 heterocycles. The van der Waals surface area contributed by atoms with E-state index in [-0.39, 0.29) is 18.0 Å². The maximum Gasteiger partial charge on any atom is 0.331 e. The highest BCUT2D eigenvalue weighted by atomic mass is 35.5. The van der Waals surface area contributed by atoms with Crippen LogP contribution in [0.2, 0.25) is 0 Å². The molecule has 0 aromatic heterocycles. The summed E-state index contributed by atoms with van der Waals surface area (Å²) in [5, 5.41) is 8.43. The second-order valence-electron chi connectivity index (χ2n) is 2.90. The summed E-state index contributed by atoms with van der Waals surface area (Å²) in [6, 6.07) is -0.847. The third-order valence-corrected chi connectivity index (χ3v) is 1.67. The first-order chi connectivity index (χ1) is 5.41. The lowest BCUT2D eigenvalue weighted by molar-refractivity contribution is -0.134. The normalized spacial score (nSPS) is 25.8. The molecule has 0 aliphatic heterocycles. The Labute approximate surface area is 80.0 Å². The third-order valence-electron chi connectivity index (χ3n) is 1.67. The number of halogens is 3. The fourth-order valence-corrected chi connectivity index (χ4v) is 1.22. The summed E-state index contributed by atoms with van der Waals surface area (Å²) in [5.41, 5.74) is 4.93. The average molecular weight is 214 g/mol. The molecule has 0 saturated carbocycles. The van der Waals surface area contributed by atoms with Gasteiger partial charge in [-0.05, 0) is 0 Å². The quantitative estimate of drug-likeness (QED) is 0.688. The lowest BCUT2D eigenvalue weighted by Crippen LogP contribution is -2.35. The first kappa shape index (κ1) is 12.3. The van der Waals surface area contributed by atoms with Crippen LogP contribution in [0.4, 0.5) is 8.78 Å².